The zero-order valence-electron chi connectivity index (χ0n) is 10.5. The summed E-state index contributed by atoms with van der Waals surface area (Å²) in [7, 11) is 3.90. The van der Waals surface area contributed by atoms with Crippen molar-refractivity contribution in [2.24, 2.45) is 0 Å². The summed E-state index contributed by atoms with van der Waals surface area (Å²) in [6.45, 7) is 3.40. The molecule has 1 saturated heterocycles. The van der Waals surface area contributed by atoms with E-state index in [9.17, 15) is 0 Å². The zero-order chi connectivity index (χ0) is 11.4. The molecule has 0 aliphatic carbocycles. The summed E-state index contributed by atoms with van der Waals surface area (Å²) >= 11 is 0. The van der Waals surface area contributed by atoms with Crippen molar-refractivity contribution >= 4 is 12.4 Å². The van der Waals surface area contributed by atoms with Crippen LogP contribution >= 0.6 is 12.4 Å². The van der Waals surface area contributed by atoms with Crippen molar-refractivity contribution in [3.63, 3.8) is 0 Å². The Hall–Kier alpha value is -0.770. The molecule has 1 N–H and O–H groups in total. The van der Waals surface area contributed by atoms with Gasteiger partial charge >= 0.3 is 0 Å². The van der Waals surface area contributed by atoms with Crippen molar-refractivity contribution in [1.29, 1.82) is 0 Å². The molecule has 1 heterocycles. The highest BCUT2D eigenvalue weighted by Gasteiger charge is 2.20. The van der Waals surface area contributed by atoms with Gasteiger partial charge < -0.3 is 15.0 Å². The largest absolute Gasteiger partial charge is 0.497 e. The number of benzene rings is 1. The van der Waals surface area contributed by atoms with Gasteiger partial charge in [-0.2, -0.15) is 0 Å². The summed E-state index contributed by atoms with van der Waals surface area (Å²) in [5.74, 6) is 0.931. The molecule has 17 heavy (non-hydrogen) atoms. The molecule has 2 rings (SSSR count). The normalized spacial score (nSPS) is 15.2. The molecule has 1 aliphatic heterocycles. The third-order valence-electron chi connectivity index (χ3n) is 3.30. The van der Waals surface area contributed by atoms with Crippen molar-refractivity contribution < 1.29 is 4.74 Å². The van der Waals surface area contributed by atoms with E-state index in [0.29, 0.717) is 0 Å². The van der Waals surface area contributed by atoms with E-state index in [-0.39, 0.29) is 12.4 Å². The Morgan fingerprint density at radius 1 is 1.29 bits per heavy atom. The minimum Gasteiger partial charge on any atom is -0.497 e. The van der Waals surface area contributed by atoms with E-state index in [1.807, 2.05) is 12.1 Å². The maximum absolute atomic E-state index is 5.14. The molecule has 0 aromatic heterocycles. The predicted molar refractivity (Wildman–Crippen MR) is 73.2 cm³/mol. The van der Waals surface area contributed by atoms with Gasteiger partial charge in [-0.05, 0) is 31.2 Å². The molecule has 0 amide bonds. The van der Waals surface area contributed by atoms with Crippen LogP contribution in [0.4, 0.5) is 0 Å². The predicted octanol–water partition coefficient (Wildman–Crippen LogP) is 1.56. The monoisotopic (exact) mass is 256 g/mol. The summed E-state index contributed by atoms with van der Waals surface area (Å²) in [4.78, 5) is 2.43. The van der Waals surface area contributed by atoms with Crippen LogP contribution in [0, 0.1) is 0 Å². The molecule has 3 nitrogen and oxygen atoms in total. The molecular weight excluding hydrogens is 236 g/mol. The first-order valence-corrected chi connectivity index (χ1v) is 5.83. The van der Waals surface area contributed by atoms with E-state index in [0.717, 1.165) is 37.8 Å². The summed E-state index contributed by atoms with van der Waals surface area (Å²) < 4.78 is 5.14. The molecule has 0 atom stereocenters. The molecule has 1 fully saturated rings. The van der Waals surface area contributed by atoms with Gasteiger partial charge in [-0.3, -0.25) is 0 Å². The maximum atomic E-state index is 5.14. The van der Waals surface area contributed by atoms with Crippen LogP contribution < -0.4 is 10.1 Å². The van der Waals surface area contributed by atoms with Crippen molar-refractivity contribution in [2.45, 2.75) is 12.5 Å². The fraction of sp³-hybridized carbons (Fsp3) is 0.538. The molecule has 1 aliphatic rings. The highest BCUT2D eigenvalue weighted by Crippen LogP contribution is 2.12. The first-order valence-electron chi connectivity index (χ1n) is 5.83. The molecular formula is C13H21ClN2O. The van der Waals surface area contributed by atoms with Crippen LogP contribution in [0.2, 0.25) is 0 Å². The average molecular weight is 257 g/mol. The second-order valence-electron chi connectivity index (χ2n) is 4.39. The first-order chi connectivity index (χ1) is 7.79. The standard InChI is InChI=1S/C13H20N2O.ClH/c1-15(12-9-14-10-12)8-7-11-3-5-13(16-2)6-4-11;/h3-6,12,14H,7-10H2,1-2H3;1H. The molecule has 0 bridgehead atoms. The Kier molecular flexibility index (Phi) is 5.75. The molecule has 0 radical (unpaired) electrons. The third-order valence-corrected chi connectivity index (χ3v) is 3.30. The van der Waals surface area contributed by atoms with Crippen molar-refractivity contribution in [3.8, 4) is 5.75 Å². The number of ether oxygens (including phenoxy) is 1. The van der Waals surface area contributed by atoms with Gasteiger partial charge in [0.1, 0.15) is 5.75 Å². The molecule has 4 heteroatoms. The smallest absolute Gasteiger partial charge is 0.118 e. The van der Waals surface area contributed by atoms with E-state index < -0.39 is 0 Å². The Balaban J connectivity index is 0.00000144. The van der Waals surface area contributed by atoms with E-state index in [1.165, 1.54) is 5.56 Å². The second kappa shape index (κ2) is 6.84. The number of hydrogen-bond donors (Lipinski definition) is 1. The lowest BCUT2D eigenvalue weighted by Crippen LogP contribution is -2.56. The zero-order valence-corrected chi connectivity index (χ0v) is 11.3. The van der Waals surface area contributed by atoms with Crippen LogP contribution in [0.3, 0.4) is 0 Å². The summed E-state index contributed by atoms with van der Waals surface area (Å²) in [5.41, 5.74) is 1.37. The summed E-state index contributed by atoms with van der Waals surface area (Å²) in [6, 6.07) is 9.08. The Morgan fingerprint density at radius 3 is 2.41 bits per heavy atom. The average Bonchev–Trinajstić information content (AvgIpc) is 2.25. The third kappa shape index (κ3) is 3.87. The van der Waals surface area contributed by atoms with E-state index >= 15 is 0 Å². The van der Waals surface area contributed by atoms with E-state index in [1.54, 1.807) is 7.11 Å². The topological polar surface area (TPSA) is 24.5 Å². The number of hydrogen-bond acceptors (Lipinski definition) is 3. The van der Waals surface area contributed by atoms with Gasteiger partial charge in [0.2, 0.25) is 0 Å². The number of rotatable bonds is 5. The SMILES string of the molecule is COc1ccc(CCN(C)C2CNC2)cc1.Cl. The van der Waals surface area contributed by atoms with Crippen LogP contribution in [0.5, 0.6) is 5.75 Å². The lowest BCUT2D eigenvalue weighted by Gasteiger charge is -2.35. The summed E-state index contributed by atoms with van der Waals surface area (Å²) in [5, 5.41) is 3.30. The molecule has 0 spiro atoms. The van der Waals surface area contributed by atoms with Gasteiger partial charge in [-0.25, -0.2) is 0 Å². The number of nitrogens with one attached hydrogen (secondary N) is 1. The number of likely N-dealkylation sites (N-methyl/N-ethyl adjacent to an activating group) is 1. The van der Waals surface area contributed by atoms with Gasteiger partial charge in [-0.1, -0.05) is 12.1 Å². The molecule has 0 saturated carbocycles. The fourth-order valence-corrected chi connectivity index (χ4v) is 1.87. The van der Waals surface area contributed by atoms with Gasteiger partial charge in [0, 0.05) is 25.7 Å². The fourth-order valence-electron chi connectivity index (χ4n) is 1.87. The minimum atomic E-state index is 0. The highest BCUT2D eigenvalue weighted by atomic mass is 35.5. The maximum Gasteiger partial charge on any atom is 0.118 e. The van der Waals surface area contributed by atoms with Crippen LogP contribution in [-0.2, 0) is 6.42 Å². The van der Waals surface area contributed by atoms with Crippen molar-refractivity contribution in [3.05, 3.63) is 29.8 Å². The van der Waals surface area contributed by atoms with Crippen LogP contribution in [0.1, 0.15) is 5.56 Å². The highest BCUT2D eigenvalue weighted by molar-refractivity contribution is 5.85. The van der Waals surface area contributed by atoms with Gasteiger partial charge in [-0.15, -0.1) is 12.4 Å². The van der Waals surface area contributed by atoms with Crippen molar-refractivity contribution in [1.82, 2.24) is 10.2 Å². The quantitative estimate of drug-likeness (QED) is 0.866. The number of halogens is 1. The molecule has 0 unspecified atom stereocenters. The van der Waals surface area contributed by atoms with E-state index in [2.05, 4.69) is 29.4 Å². The summed E-state index contributed by atoms with van der Waals surface area (Å²) in [6.07, 6.45) is 1.11. The molecule has 1 aromatic rings. The Bertz CT molecular complexity index is 325. The van der Waals surface area contributed by atoms with Crippen LogP contribution in [-0.4, -0.2) is 44.7 Å². The lowest BCUT2D eigenvalue weighted by molar-refractivity contribution is 0.182. The Morgan fingerprint density at radius 2 is 1.94 bits per heavy atom. The van der Waals surface area contributed by atoms with E-state index in [4.69, 9.17) is 4.74 Å². The van der Waals surface area contributed by atoms with Crippen LogP contribution in [0.25, 0.3) is 0 Å². The first kappa shape index (κ1) is 14.3. The second-order valence-corrected chi connectivity index (χ2v) is 4.39. The lowest BCUT2D eigenvalue weighted by atomic mass is 10.1. The van der Waals surface area contributed by atoms with Crippen molar-refractivity contribution in [2.75, 3.05) is 33.8 Å². The van der Waals surface area contributed by atoms with Crippen LogP contribution in [0.15, 0.2) is 24.3 Å². The number of nitrogens with zero attached hydrogens (tertiary/aromatic N) is 1. The number of methoxy groups -OCH3 is 1. The van der Waals surface area contributed by atoms with Gasteiger partial charge in [0.15, 0.2) is 0 Å². The Labute approximate surface area is 110 Å². The minimum absolute atomic E-state index is 0. The van der Waals surface area contributed by atoms with Gasteiger partial charge in [0.25, 0.3) is 0 Å². The van der Waals surface area contributed by atoms with Gasteiger partial charge in [0.05, 0.1) is 7.11 Å². The molecule has 1 aromatic carbocycles. The molecule has 96 valence electrons.